The van der Waals surface area contributed by atoms with Crippen molar-refractivity contribution in [1.82, 2.24) is 4.90 Å². The lowest BCUT2D eigenvalue weighted by Crippen LogP contribution is -2.38. The van der Waals surface area contributed by atoms with Gasteiger partial charge in [-0.1, -0.05) is 36.3 Å². The number of carbonyl (C=O) groups excluding carboxylic acids is 1. The molecule has 1 N–H and O–H groups in total. The predicted molar refractivity (Wildman–Crippen MR) is 92.2 cm³/mol. The molecule has 23 heavy (non-hydrogen) atoms. The largest absolute Gasteiger partial charge is 0.462 e. The normalized spacial score (nSPS) is 18.0. The molecule has 1 aliphatic rings. The third-order valence-electron chi connectivity index (χ3n) is 4.08. The van der Waals surface area contributed by atoms with Crippen molar-refractivity contribution in [3.63, 3.8) is 0 Å². The van der Waals surface area contributed by atoms with Crippen LogP contribution >= 0.6 is 12.4 Å². The van der Waals surface area contributed by atoms with E-state index in [9.17, 15) is 9.90 Å². The molecule has 0 saturated carbocycles. The number of halogens is 1. The van der Waals surface area contributed by atoms with E-state index in [0.717, 1.165) is 25.9 Å². The Morgan fingerprint density at radius 2 is 1.96 bits per heavy atom. The molecule has 1 saturated heterocycles. The molecule has 4 nitrogen and oxygen atoms in total. The van der Waals surface area contributed by atoms with Crippen molar-refractivity contribution in [2.24, 2.45) is 5.92 Å². The first-order valence-electron chi connectivity index (χ1n) is 7.64. The third-order valence-corrected chi connectivity index (χ3v) is 4.08. The number of piperidine rings is 1. The number of likely N-dealkylation sites (tertiary alicyclic amines) is 1. The van der Waals surface area contributed by atoms with Gasteiger partial charge in [0.25, 0.3) is 0 Å². The lowest BCUT2D eigenvalue weighted by Gasteiger charge is -2.29. The molecule has 1 aromatic rings. The van der Waals surface area contributed by atoms with Crippen LogP contribution in [-0.2, 0) is 15.1 Å². The van der Waals surface area contributed by atoms with Crippen molar-refractivity contribution in [2.45, 2.75) is 25.4 Å². The van der Waals surface area contributed by atoms with Crippen LogP contribution in [0.15, 0.2) is 30.3 Å². The number of rotatable bonds is 4. The number of carbonyl (C=O) groups is 1. The number of nitrogens with zero attached hydrogens (tertiary/aromatic N) is 1. The van der Waals surface area contributed by atoms with E-state index in [-0.39, 0.29) is 12.4 Å². The molecule has 5 heteroatoms. The van der Waals surface area contributed by atoms with Gasteiger partial charge in [0.15, 0.2) is 0 Å². The van der Waals surface area contributed by atoms with Crippen LogP contribution in [0.25, 0.3) is 0 Å². The lowest BCUT2D eigenvalue weighted by atomic mass is 9.94. The first-order chi connectivity index (χ1) is 10.6. The summed E-state index contributed by atoms with van der Waals surface area (Å²) in [4.78, 5) is 14.6. The van der Waals surface area contributed by atoms with Crippen LogP contribution in [0.4, 0.5) is 0 Å². The Kier molecular flexibility index (Phi) is 7.57. The van der Waals surface area contributed by atoms with E-state index in [0.29, 0.717) is 18.1 Å². The van der Waals surface area contributed by atoms with Crippen molar-refractivity contribution >= 4 is 18.4 Å². The Hall–Kier alpha value is -1.54. The summed E-state index contributed by atoms with van der Waals surface area (Å²) in [5.74, 6) is 4.88. The van der Waals surface area contributed by atoms with Crippen LogP contribution < -0.4 is 0 Å². The van der Waals surface area contributed by atoms with Crippen molar-refractivity contribution in [2.75, 3.05) is 26.7 Å². The molecule has 0 radical (unpaired) electrons. The molecule has 0 amide bonds. The summed E-state index contributed by atoms with van der Waals surface area (Å²) in [6.07, 6.45) is 2.01. The van der Waals surface area contributed by atoms with Gasteiger partial charge in [0, 0.05) is 5.56 Å². The van der Waals surface area contributed by atoms with E-state index in [1.165, 1.54) is 0 Å². The molecule has 0 aliphatic carbocycles. The van der Waals surface area contributed by atoms with Gasteiger partial charge >= 0.3 is 5.97 Å². The minimum Gasteiger partial charge on any atom is -0.462 e. The number of hydrogen-bond donors (Lipinski definition) is 1. The molecule has 126 valence electrons. The predicted octanol–water partition coefficient (Wildman–Crippen LogP) is 2.20. The van der Waals surface area contributed by atoms with E-state index < -0.39 is 11.6 Å². The summed E-state index contributed by atoms with van der Waals surface area (Å²) in [6.45, 7) is 3.96. The molecule has 1 unspecified atom stereocenters. The first-order valence-corrected chi connectivity index (χ1v) is 7.64. The molecular weight excluding hydrogens is 314 g/mol. The standard InChI is InChI=1S/C18H23NO3.ClH/c1-3-11-18(21,16-7-5-4-6-8-16)17(20)22-14-15-9-12-19(2)13-10-15;/h4-8,15,21H,9-10,12-14H2,1-2H3;1H. The van der Waals surface area contributed by atoms with Crippen LogP contribution in [0.5, 0.6) is 0 Å². The van der Waals surface area contributed by atoms with E-state index in [2.05, 4.69) is 23.8 Å². The molecule has 1 fully saturated rings. The highest BCUT2D eigenvalue weighted by Gasteiger charge is 2.38. The van der Waals surface area contributed by atoms with Gasteiger partial charge in [0.2, 0.25) is 5.60 Å². The van der Waals surface area contributed by atoms with Gasteiger partial charge in [-0.25, -0.2) is 4.79 Å². The second-order valence-corrected chi connectivity index (χ2v) is 5.80. The maximum Gasteiger partial charge on any atom is 0.355 e. The monoisotopic (exact) mass is 337 g/mol. The Bertz CT molecular complexity index is 559. The van der Waals surface area contributed by atoms with Crippen LogP contribution in [0.1, 0.15) is 25.3 Å². The minimum atomic E-state index is -1.89. The van der Waals surface area contributed by atoms with Crippen LogP contribution in [0.2, 0.25) is 0 Å². The summed E-state index contributed by atoms with van der Waals surface area (Å²) in [5.41, 5.74) is -1.45. The SMILES string of the molecule is CC#CC(O)(C(=O)OCC1CCN(C)CC1)c1ccccc1.Cl. The highest BCUT2D eigenvalue weighted by molar-refractivity contribution is 5.85. The molecule has 0 spiro atoms. The van der Waals surface area contributed by atoms with Crippen LogP contribution in [-0.4, -0.2) is 42.7 Å². The molecule has 0 bridgehead atoms. The van der Waals surface area contributed by atoms with Crippen molar-refractivity contribution < 1.29 is 14.6 Å². The van der Waals surface area contributed by atoms with Crippen molar-refractivity contribution in [3.05, 3.63) is 35.9 Å². The number of esters is 1. The minimum absolute atomic E-state index is 0. The van der Waals surface area contributed by atoms with Crippen LogP contribution in [0.3, 0.4) is 0 Å². The van der Waals surface area contributed by atoms with E-state index in [4.69, 9.17) is 4.74 Å². The van der Waals surface area contributed by atoms with Gasteiger partial charge in [0.05, 0.1) is 6.61 Å². The molecular formula is C18H24ClNO3. The molecule has 1 heterocycles. The van der Waals surface area contributed by atoms with Gasteiger partial charge in [-0.15, -0.1) is 18.3 Å². The molecule has 0 aromatic heterocycles. The summed E-state index contributed by atoms with van der Waals surface area (Å²) in [5, 5.41) is 10.7. The highest BCUT2D eigenvalue weighted by atomic mass is 35.5. The summed E-state index contributed by atoms with van der Waals surface area (Å²) in [7, 11) is 2.09. The van der Waals surface area contributed by atoms with Gasteiger partial charge in [-0.05, 0) is 45.8 Å². The number of benzene rings is 1. The zero-order chi connectivity index (χ0) is 16.0. The smallest absolute Gasteiger partial charge is 0.355 e. The maximum atomic E-state index is 12.4. The fraction of sp³-hybridized carbons (Fsp3) is 0.500. The third kappa shape index (κ3) is 4.97. The second kappa shape index (κ2) is 8.93. The fourth-order valence-corrected chi connectivity index (χ4v) is 2.63. The summed E-state index contributed by atoms with van der Waals surface area (Å²) >= 11 is 0. The van der Waals surface area contributed by atoms with E-state index in [1.54, 1.807) is 31.2 Å². The summed E-state index contributed by atoms with van der Waals surface area (Å²) in [6, 6.07) is 8.72. The Morgan fingerprint density at radius 1 is 1.35 bits per heavy atom. The molecule has 2 rings (SSSR count). The summed E-state index contributed by atoms with van der Waals surface area (Å²) < 4.78 is 5.38. The van der Waals surface area contributed by atoms with Crippen LogP contribution in [0, 0.1) is 17.8 Å². The van der Waals surface area contributed by atoms with Gasteiger partial charge < -0.3 is 14.7 Å². The Morgan fingerprint density at radius 3 is 2.52 bits per heavy atom. The lowest BCUT2D eigenvalue weighted by molar-refractivity contribution is -0.162. The second-order valence-electron chi connectivity index (χ2n) is 5.80. The highest BCUT2D eigenvalue weighted by Crippen LogP contribution is 2.23. The average molecular weight is 338 g/mol. The van der Waals surface area contributed by atoms with E-state index in [1.807, 2.05) is 6.07 Å². The quantitative estimate of drug-likeness (QED) is 0.676. The van der Waals surface area contributed by atoms with Gasteiger partial charge in [-0.2, -0.15) is 0 Å². The molecule has 1 atom stereocenters. The fourth-order valence-electron chi connectivity index (χ4n) is 2.63. The number of hydrogen-bond acceptors (Lipinski definition) is 4. The van der Waals surface area contributed by atoms with Gasteiger partial charge in [-0.3, -0.25) is 0 Å². The zero-order valence-electron chi connectivity index (χ0n) is 13.6. The maximum absolute atomic E-state index is 12.4. The first kappa shape index (κ1) is 19.5. The zero-order valence-corrected chi connectivity index (χ0v) is 14.4. The molecule has 1 aromatic carbocycles. The van der Waals surface area contributed by atoms with E-state index >= 15 is 0 Å². The van der Waals surface area contributed by atoms with Gasteiger partial charge in [0.1, 0.15) is 0 Å². The average Bonchev–Trinajstić information content (AvgIpc) is 2.55. The van der Waals surface area contributed by atoms with Crippen molar-refractivity contribution in [1.29, 1.82) is 0 Å². The topological polar surface area (TPSA) is 49.8 Å². The Labute approximate surface area is 144 Å². The number of aliphatic hydroxyl groups is 1. The van der Waals surface area contributed by atoms with Crippen molar-refractivity contribution in [3.8, 4) is 11.8 Å². The Balaban J connectivity index is 0.00000264. The molecule has 1 aliphatic heterocycles. The number of ether oxygens (including phenoxy) is 1.